The standard InChI is InChI=1S/C21H17ClN4OS/c22-14-10-8-13(9-11-14)12-19(27)24-20-15-4-3-6-16(15)25-26(20)21-23-17-5-1-2-7-18(17)28-21/h1-2,5,7-11H,3-4,6,12H2,(H,24,27). The number of halogens is 1. The van der Waals surface area contributed by atoms with E-state index in [4.69, 9.17) is 21.7 Å². The number of anilines is 1. The second-order valence-corrected chi connectivity index (χ2v) is 8.30. The molecule has 4 aromatic rings. The van der Waals surface area contributed by atoms with Crippen LogP contribution in [-0.4, -0.2) is 20.7 Å². The molecule has 5 rings (SSSR count). The number of fused-ring (bicyclic) bond motifs is 2. The monoisotopic (exact) mass is 408 g/mol. The molecule has 1 aliphatic carbocycles. The third-order valence-corrected chi connectivity index (χ3v) is 6.17. The van der Waals surface area contributed by atoms with Gasteiger partial charge in [0, 0.05) is 10.6 Å². The largest absolute Gasteiger partial charge is 0.310 e. The average Bonchev–Trinajstić information content (AvgIpc) is 3.38. The number of para-hydroxylation sites is 1. The van der Waals surface area contributed by atoms with Gasteiger partial charge in [0.05, 0.1) is 22.3 Å². The quantitative estimate of drug-likeness (QED) is 0.527. The molecular formula is C21H17ClN4OS. The van der Waals surface area contributed by atoms with E-state index in [1.165, 1.54) is 0 Å². The lowest BCUT2D eigenvalue weighted by atomic mass is 10.1. The number of nitrogens with zero attached hydrogens (tertiary/aromatic N) is 3. The van der Waals surface area contributed by atoms with Gasteiger partial charge in [-0.25, -0.2) is 4.98 Å². The first-order valence-electron chi connectivity index (χ1n) is 9.18. The maximum absolute atomic E-state index is 12.7. The van der Waals surface area contributed by atoms with Crippen LogP contribution in [0.1, 0.15) is 23.2 Å². The Balaban J connectivity index is 1.48. The van der Waals surface area contributed by atoms with Crippen molar-refractivity contribution in [1.29, 1.82) is 0 Å². The van der Waals surface area contributed by atoms with Gasteiger partial charge in [0.25, 0.3) is 0 Å². The molecule has 0 aliphatic heterocycles. The van der Waals surface area contributed by atoms with Crippen LogP contribution in [0.4, 0.5) is 5.82 Å². The van der Waals surface area contributed by atoms with Crippen LogP contribution in [-0.2, 0) is 24.1 Å². The van der Waals surface area contributed by atoms with Crippen molar-refractivity contribution in [2.45, 2.75) is 25.7 Å². The summed E-state index contributed by atoms with van der Waals surface area (Å²) in [6, 6.07) is 15.4. The number of aryl methyl sites for hydroxylation is 1. The Morgan fingerprint density at radius 2 is 1.96 bits per heavy atom. The van der Waals surface area contributed by atoms with Crippen LogP contribution in [0, 0.1) is 0 Å². The molecule has 0 saturated carbocycles. The molecule has 0 bridgehead atoms. The molecule has 2 aromatic heterocycles. The van der Waals surface area contributed by atoms with Crippen molar-refractivity contribution in [2.75, 3.05) is 5.32 Å². The van der Waals surface area contributed by atoms with E-state index in [-0.39, 0.29) is 12.3 Å². The predicted molar refractivity (Wildman–Crippen MR) is 113 cm³/mol. The molecule has 1 amide bonds. The Hall–Kier alpha value is -2.70. The van der Waals surface area contributed by atoms with Crippen molar-refractivity contribution in [3.63, 3.8) is 0 Å². The minimum absolute atomic E-state index is 0.0701. The Labute approximate surface area is 171 Å². The van der Waals surface area contributed by atoms with Gasteiger partial charge >= 0.3 is 0 Å². The van der Waals surface area contributed by atoms with E-state index in [0.29, 0.717) is 5.02 Å². The lowest BCUT2D eigenvalue weighted by molar-refractivity contribution is -0.115. The van der Waals surface area contributed by atoms with Crippen LogP contribution in [0.15, 0.2) is 48.5 Å². The van der Waals surface area contributed by atoms with Gasteiger partial charge in [-0.15, -0.1) is 0 Å². The summed E-state index contributed by atoms with van der Waals surface area (Å²) in [5.41, 5.74) is 4.05. The maximum Gasteiger partial charge on any atom is 0.229 e. The summed E-state index contributed by atoms with van der Waals surface area (Å²) in [5.74, 6) is 0.685. The molecule has 0 fully saturated rings. The molecule has 0 atom stereocenters. The van der Waals surface area contributed by atoms with E-state index in [0.717, 1.165) is 57.2 Å². The Kier molecular flexibility index (Phi) is 4.37. The van der Waals surface area contributed by atoms with Gasteiger partial charge in [0.15, 0.2) is 0 Å². The van der Waals surface area contributed by atoms with Crippen LogP contribution in [0.2, 0.25) is 5.02 Å². The number of rotatable bonds is 4. The van der Waals surface area contributed by atoms with E-state index < -0.39 is 0 Å². The molecule has 140 valence electrons. The summed E-state index contributed by atoms with van der Waals surface area (Å²) < 4.78 is 2.90. The average molecular weight is 409 g/mol. The molecule has 1 aliphatic rings. The summed E-state index contributed by atoms with van der Waals surface area (Å²) in [4.78, 5) is 17.4. The summed E-state index contributed by atoms with van der Waals surface area (Å²) in [6.07, 6.45) is 3.22. The number of amides is 1. The first-order valence-corrected chi connectivity index (χ1v) is 10.4. The van der Waals surface area contributed by atoms with Crippen LogP contribution in [0.25, 0.3) is 15.3 Å². The van der Waals surface area contributed by atoms with Crippen LogP contribution >= 0.6 is 22.9 Å². The summed E-state index contributed by atoms with van der Waals surface area (Å²) in [7, 11) is 0. The Morgan fingerprint density at radius 3 is 2.79 bits per heavy atom. The molecule has 0 saturated heterocycles. The third-order valence-electron chi connectivity index (χ3n) is 4.91. The maximum atomic E-state index is 12.7. The van der Waals surface area contributed by atoms with Crippen LogP contribution in [0.5, 0.6) is 0 Å². The minimum atomic E-state index is -0.0701. The number of carbonyl (C=O) groups is 1. The second kappa shape index (κ2) is 7.04. The van der Waals surface area contributed by atoms with Crippen molar-refractivity contribution in [1.82, 2.24) is 14.8 Å². The summed E-state index contributed by atoms with van der Waals surface area (Å²) in [6.45, 7) is 0. The Morgan fingerprint density at radius 1 is 1.14 bits per heavy atom. The third kappa shape index (κ3) is 3.19. The van der Waals surface area contributed by atoms with E-state index in [9.17, 15) is 4.79 Å². The highest BCUT2D eigenvalue weighted by Gasteiger charge is 2.25. The molecule has 0 radical (unpaired) electrons. The lowest BCUT2D eigenvalue weighted by Crippen LogP contribution is -2.18. The predicted octanol–water partition coefficient (Wildman–Crippen LogP) is 4.81. The zero-order valence-electron chi connectivity index (χ0n) is 15.0. The minimum Gasteiger partial charge on any atom is -0.310 e. The number of carbonyl (C=O) groups excluding carboxylic acids is 1. The molecule has 2 heterocycles. The summed E-state index contributed by atoms with van der Waals surface area (Å²) >= 11 is 7.51. The van der Waals surface area contributed by atoms with Crippen molar-refractivity contribution in [2.24, 2.45) is 0 Å². The number of aromatic nitrogens is 3. The first-order chi connectivity index (χ1) is 13.7. The highest BCUT2D eigenvalue weighted by atomic mass is 35.5. The smallest absolute Gasteiger partial charge is 0.229 e. The van der Waals surface area contributed by atoms with Crippen molar-refractivity contribution in [3.05, 3.63) is 70.4 Å². The van der Waals surface area contributed by atoms with Gasteiger partial charge in [0.1, 0.15) is 5.82 Å². The number of benzene rings is 2. The molecular weight excluding hydrogens is 392 g/mol. The topological polar surface area (TPSA) is 59.8 Å². The van der Waals surface area contributed by atoms with E-state index >= 15 is 0 Å². The van der Waals surface area contributed by atoms with Crippen molar-refractivity contribution in [3.8, 4) is 5.13 Å². The van der Waals surface area contributed by atoms with Gasteiger partial charge < -0.3 is 5.32 Å². The highest BCUT2D eigenvalue weighted by Crippen LogP contribution is 2.33. The van der Waals surface area contributed by atoms with Crippen molar-refractivity contribution < 1.29 is 4.79 Å². The number of nitrogens with one attached hydrogen (secondary N) is 1. The first kappa shape index (κ1) is 17.4. The lowest BCUT2D eigenvalue weighted by Gasteiger charge is -2.09. The zero-order chi connectivity index (χ0) is 19.1. The molecule has 5 nitrogen and oxygen atoms in total. The van der Waals surface area contributed by atoms with E-state index in [2.05, 4.69) is 5.32 Å². The number of hydrogen-bond donors (Lipinski definition) is 1. The molecule has 0 spiro atoms. The molecule has 7 heteroatoms. The fraction of sp³-hybridized carbons (Fsp3) is 0.190. The Bertz CT molecular complexity index is 1150. The number of hydrogen-bond acceptors (Lipinski definition) is 4. The fourth-order valence-electron chi connectivity index (χ4n) is 3.57. The normalized spacial score (nSPS) is 13.0. The molecule has 2 aromatic carbocycles. The van der Waals surface area contributed by atoms with Crippen molar-refractivity contribution >= 4 is 44.9 Å². The highest BCUT2D eigenvalue weighted by molar-refractivity contribution is 7.20. The molecule has 1 N–H and O–H groups in total. The zero-order valence-corrected chi connectivity index (χ0v) is 16.6. The van der Waals surface area contributed by atoms with Gasteiger partial charge in [-0.2, -0.15) is 9.78 Å². The summed E-state index contributed by atoms with van der Waals surface area (Å²) in [5, 5.41) is 9.29. The van der Waals surface area contributed by atoms with Gasteiger partial charge in [-0.3, -0.25) is 4.79 Å². The van der Waals surface area contributed by atoms with Crippen LogP contribution < -0.4 is 5.32 Å². The van der Waals surface area contributed by atoms with Gasteiger partial charge in [-0.05, 0) is 49.1 Å². The van der Waals surface area contributed by atoms with E-state index in [1.807, 2.05) is 36.4 Å². The number of thiazole rings is 1. The van der Waals surface area contributed by atoms with Crippen LogP contribution in [0.3, 0.4) is 0 Å². The fourth-order valence-corrected chi connectivity index (χ4v) is 4.62. The molecule has 28 heavy (non-hydrogen) atoms. The van der Waals surface area contributed by atoms with E-state index in [1.54, 1.807) is 28.2 Å². The second-order valence-electron chi connectivity index (χ2n) is 6.85. The van der Waals surface area contributed by atoms with Gasteiger partial charge in [0.2, 0.25) is 11.0 Å². The SMILES string of the molecule is O=C(Cc1ccc(Cl)cc1)Nc1c2c(nn1-c1nc3ccccc3s1)CCC2. The van der Waals surface area contributed by atoms with Gasteiger partial charge in [-0.1, -0.05) is 47.2 Å². The molecule has 0 unspecified atom stereocenters.